The van der Waals surface area contributed by atoms with Gasteiger partial charge in [0.05, 0.1) is 12.9 Å². The third kappa shape index (κ3) is 3.37. The van der Waals surface area contributed by atoms with Crippen LogP contribution in [0.4, 0.5) is 0 Å². The molecule has 0 aliphatic heterocycles. The van der Waals surface area contributed by atoms with E-state index in [0.717, 1.165) is 15.9 Å². The van der Waals surface area contributed by atoms with Gasteiger partial charge in [0.1, 0.15) is 5.75 Å². The summed E-state index contributed by atoms with van der Waals surface area (Å²) in [6.07, 6.45) is 5.28. The Hall–Kier alpha value is -3.32. The van der Waals surface area contributed by atoms with Gasteiger partial charge in [-0.15, -0.1) is 5.10 Å². The van der Waals surface area contributed by atoms with Crippen molar-refractivity contribution in [2.45, 2.75) is 13.5 Å². The molecular weight excluding hydrogens is 368 g/mol. The summed E-state index contributed by atoms with van der Waals surface area (Å²) in [4.78, 5) is 16.2. The summed E-state index contributed by atoms with van der Waals surface area (Å²) in [7, 11) is 0. The molecule has 0 spiro atoms. The standard InChI is InChI=1S/C19H15ClN4O3/c1-12-8-13(2-4-16(12)23-7-6-21-11-23)18-22-24(19(26)27-18)10-14-9-15(20)3-5-17(14)25/h2-9,11,25H,10H2,1H3. The van der Waals surface area contributed by atoms with E-state index in [1.54, 1.807) is 24.7 Å². The fourth-order valence-corrected chi connectivity index (χ4v) is 3.04. The lowest BCUT2D eigenvalue weighted by atomic mass is 10.1. The molecule has 0 saturated carbocycles. The number of phenols is 1. The van der Waals surface area contributed by atoms with E-state index >= 15 is 0 Å². The average molecular weight is 383 g/mol. The number of aromatic nitrogens is 4. The summed E-state index contributed by atoms with van der Waals surface area (Å²) in [5.41, 5.74) is 3.12. The molecule has 7 nitrogen and oxygen atoms in total. The first-order valence-corrected chi connectivity index (χ1v) is 8.54. The Bertz CT molecular complexity index is 1160. The fourth-order valence-electron chi connectivity index (χ4n) is 2.84. The van der Waals surface area contributed by atoms with Gasteiger partial charge in [-0.3, -0.25) is 0 Å². The second kappa shape index (κ2) is 6.77. The summed E-state index contributed by atoms with van der Waals surface area (Å²) in [6, 6.07) is 10.3. The number of hydrogen-bond acceptors (Lipinski definition) is 5. The van der Waals surface area contributed by atoms with E-state index < -0.39 is 5.76 Å². The number of phenolic OH excluding ortho intramolecular Hbond substituents is 1. The summed E-state index contributed by atoms with van der Waals surface area (Å²) in [6.45, 7) is 2.01. The van der Waals surface area contributed by atoms with Crippen LogP contribution in [0.25, 0.3) is 17.1 Å². The highest BCUT2D eigenvalue weighted by Gasteiger charge is 2.14. The molecule has 0 saturated heterocycles. The molecule has 0 unspecified atom stereocenters. The maximum absolute atomic E-state index is 12.2. The van der Waals surface area contributed by atoms with Gasteiger partial charge in [0, 0.05) is 34.2 Å². The number of nitrogens with zero attached hydrogens (tertiary/aromatic N) is 4. The normalized spacial score (nSPS) is 11.0. The SMILES string of the molecule is Cc1cc(-c2nn(Cc3cc(Cl)ccc3O)c(=O)o2)ccc1-n1ccnc1. The van der Waals surface area contributed by atoms with Gasteiger partial charge in [0.15, 0.2) is 0 Å². The van der Waals surface area contributed by atoms with Crippen LogP contribution in [-0.2, 0) is 6.54 Å². The average Bonchev–Trinajstić information content (AvgIpc) is 3.29. The van der Waals surface area contributed by atoms with Crippen LogP contribution in [0.3, 0.4) is 0 Å². The van der Waals surface area contributed by atoms with E-state index in [1.165, 1.54) is 6.07 Å². The Balaban J connectivity index is 1.66. The highest BCUT2D eigenvalue weighted by Crippen LogP contribution is 2.24. The predicted octanol–water partition coefficient (Wildman–Crippen LogP) is 3.40. The number of aryl methyl sites for hydroxylation is 1. The Kier molecular flexibility index (Phi) is 4.29. The number of hydrogen-bond donors (Lipinski definition) is 1. The zero-order valence-corrected chi connectivity index (χ0v) is 15.1. The molecule has 4 rings (SSSR count). The second-order valence-electron chi connectivity index (χ2n) is 6.08. The maximum atomic E-state index is 12.2. The van der Waals surface area contributed by atoms with Crippen molar-refractivity contribution in [3.05, 3.63) is 81.8 Å². The third-order valence-corrected chi connectivity index (χ3v) is 4.43. The summed E-state index contributed by atoms with van der Waals surface area (Å²) in [5.74, 6) is -0.362. The van der Waals surface area contributed by atoms with Crippen molar-refractivity contribution >= 4 is 11.6 Å². The number of rotatable bonds is 4. The van der Waals surface area contributed by atoms with Crippen LogP contribution in [0.2, 0.25) is 5.02 Å². The number of halogens is 1. The van der Waals surface area contributed by atoms with Crippen molar-refractivity contribution in [1.82, 2.24) is 19.3 Å². The molecule has 2 heterocycles. The Morgan fingerprint density at radius 1 is 1.22 bits per heavy atom. The molecule has 0 amide bonds. The van der Waals surface area contributed by atoms with E-state index in [2.05, 4.69) is 10.1 Å². The van der Waals surface area contributed by atoms with Crippen LogP contribution >= 0.6 is 11.6 Å². The first-order chi connectivity index (χ1) is 13.0. The van der Waals surface area contributed by atoms with Gasteiger partial charge in [0.25, 0.3) is 0 Å². The van der Waals surface area contributed by atoms with Gasteiger partial charge < -0.3 is 14.1 Å². The van der Waals surface area contributed by atoms with E-state index in [0.29, 0.717) is 16.1 Å². The van der Waals surface area contributed by atoms with Crippen molar-refractivity contribution in [2.75, 3.05) is 0 Å². The lowest BCUT2D eigenvalue weighted by Gasteiger charge is -2.07. The molecule has 0 bridgehead atoms. The Labute approximate surface area is 159 Å². The highest BCUT2D eigenvalue weighted by atomic mass is 35.5. The fraction of sp³-hybridized carbons (Fsp3) is 0.105. The van der Waals surface area contributed by atoms with E-state index in [1.807, 2.05) is 35.9 Å². The third-order valence-electron chi connectivity index (χ3n) is 4.19. The smallest absolute Gasteiger partial charge is 0.437 e. The number of benzene rings is 2. The maximum Gasteiger partial charge on any atom is 0.437 e. The molecule has 0 fully saturated rings. The van der Waals surface area contributed by atoms with E-state index in [-0.39, 0.29) is 18.2 Å². The predicted molar refractivity (Wildman–Crippen MR) is 100 cm³/mol. The topological polar surface area (TPSA) is 86.1 Å². The largest absolute Gasteiger partial charge is 0.508 e. The molecule has 0 aliphatic carbocycles. The zero-order valence-electron chi connectivity index (χ0n) is 14.3. The molecule has 2 aromatic heterocycles. The molecular formula is C19H15ClN4O3. The van der Waals surface area contributed by atoms with Gasteiger partial charge in [-0.2, -0.15) is 4.68 Å². The van der Waals surface area contributed by atoms with Crippen LogP contribution in [0, 0.1) is 6.92 Å². The first kappa shape index (κ1) is 17.1. The van der Waals surface area contributed by atoms with Crippen molar-refractivity contribution < 1.29 is 9.52 Å². The van der Waals surface area contributed by atoms with Gasteiger partial charge in [-0.25, -0.2) is 9.78 Å². The molecule has 8 heteroatoms. The van der Waals surface area contributed by atoms with Gasteiger partial charge in [-0.05, 0) is 48.9 Å². The van der Waals surface area contributed by atoms with Gasteiger partial charge in [-0.1, -0.05) is 11.6 Å². The van der Waals surface area contributed by atoms with Crippen LogP contribution in [-0.4, -0.2) is 24.4 Å². The van der Waals surface area contributed by atoms with E-state index in [9.17, 15) is 9.90 Å². The van der Waals surface area contributed by atoms with Crippen LogP contribution in [0.1, 0.15) is 11.1 Å². The number of aromatic hydroxyl groups is 1. The van der Waals surface area contributed by atoms with Crippen LogP contribution in [0.5, 0.6) is 5.75 Å². The summed E-state index contributed by atoms with van der Waals surface area (Å²) < 4.78 is 8.34. The molecule has 2 aromatic carbocycles. The molecule has 0 atom stereocenters. The minimum absolute atomic E-state index is 0.0383. The molecule has 0 radical (unpaired) electrons. The molecule has 0 aliphatic rings. The molecule has 4 aromatic rings. The van der Waals surface area contributed by atoms with Crippen molar-refractivity contribution in [3.8, 4) is 22.9 Å². The van der Waals surface area contributed by atoms with Crippen molar-refractivity contribution in [3.63, 3.8) is 0 Å². The van der Waals surface area contributed by atoms with Crippen LogP contribution in [0.15, 0.2) is 64.3 Å². The van der Waals surface area contributed by atoms with Crippen molar-refractivity contribution in [2.24, 2.45) is 0 Å². The summed E-state index contributed by atoms with van der Waals surface area (Å²) in [5, 5.41) is 14.6. The number of imidazole rings is 1. The van der Waals surface area contributed by atoms with Gasteiger partial charge in [0.2, 0.25) is 5.89 Å². The minimum Gasteiger partial charge on any atom is -0.508 e. The monoisotopic (exact) mass is 382 g/mol. The lowest BCUT2D eigenvalue weighted by Crippen LogP contribution is -2.16. The zero-order chi connectivity index (χ0) is 19.0. The summed E-state index contributed by atoms with van der Waals surface area (Å²) >= 11 is 5.95. The lowest BCUT2D eigenvalue weighted by molar-refractivity contribution is 0.457. The van der Waals surface area contributed by atoms with Crippen LogP contribution < -0.4 is 5.76 Å². The van der Waals surface area contributed by atoms with Crippen molar-refractivity contribution in [1.29, 1.82) is 0 Å². The molecule has 136 valence electrons. The highest BCUT2D eigenvalue weighted by molar-refractivity contribution is 6.30. The molecule has 1 N–H and O–H groups in total. The first-order valence-electron chi connectivity index (χ1n) is 8.16. The second-order valence-corrected chi connectivity index (χ2v) is 6.51. The molecule has 27 heavy (non-hydrogen) atoms. The Morgan fingerprint density at radius 2 is 2.07 bits per heavy atom. The Morgan fingerprint density at radius 3 is 2.81 bits per heavy atom. The van der Waals surface area contributed by atoms with E-state index in [4.69, 9.17) is 16.0 Å². The quantitative estimate of drug-likeness (QED) is 0.584. The van der Waals surface area contributed by atoms with Gasteiger partial charge >= 0.3 is 5.76 Å². The minimum atomic E-state index is -0.610.